The van der Waals surface area contributed by atoms with Crippen LogP contribution in [0, 0.1) is 5.82 Å². The summed E-state index contributed by atoms with van der Waals surface area (Å²) in [6.45, 7) is 2.82. The van der Waals surface area contributed by atoms with Crippen molar-refractivity contribution in [2.45, 2.75) is 4.05 Å². The van der Waals surface area contributed by atoms with E-state index in [2.05, 4.69) is 32.8 Å². The Labute approximate surface area is 107 Å². The van der Waals surface area contributed by atoms with Crippen LogP contribution in [0.4, 0.5) is 10.1 Å². The lowest BCUT2D eigenvalue weighted by Gasteiger charge is -2.34. The van der Waals surface area contributed by atoms with E-state index in [9.17, 15) is 4.39 Å². The standard InChI is InChI=1S/C10H11ClFIN2/c11-8-5-7(1-2-9(8)12)15-4-3-14-6-10(15)13/h1-2,5,10,14H,3-4,6H2. The maximum Gasteiger partial charge on any atom is 0.141 e. The summed E-state index contributed by atoms with van der Waals surface area (Å²) in [5, 5.41) is 3.49. The van der Waals surface area contributed by atoms with Crippen molar-refractivity contribution in [1.29, 1.82) is 0 Å². The molecule has 15 heavy (non-hydrogen) atoms. The molecular weight excluding hydrogens is 329 g/mol. The summed E-state index contributed by atoms with van der Waals surface area (Å²) in [6, 6.07) is 4.88. The molecule has 82 valence electrons. The lowest BCUT2D eigenvalue weighted by atomic mass is 10.2. The van der Waals surface area contributed by atoms with Gasteiger partial charge in [0.2, 0.25) is 0 Å². The van der Waals surface area contributed by atoms with Crippen LogP contribution in [0.1, 0.15) is 0 Å². The fourth-order valence-electron chi connectivity index (χ4n) is 1.63. The van der Waals surface area contributed by atoms with E-state index in [1.54, 1.807) is 12.1 Å². The van der Waals surface area contributed by atoms with Crippen LogP contribution >= 0.6 is 34.2 Å². The first-order valence-corrected chi connectivity index (χ1v) is 6.37. The molecule has 2 rings (SSSR count). The van der Waals surface area contributed by atoms with Gasteiger partial charge in [0.05, 0.1) is 9.07 Å². The van der Waals surface area contributed by atoms with Gasteiger partial charge in [-0.25, -0.2) is 4.39 Å². The number of piperazine rings is 1. The van der Waals surface area contributed by atoms with Crippen molar-refractivity contribution >= 4 is 39.9 Å². The van der Waals surface area contributed by atoms with Gasteiger partial charge in [0.25, 0.3) is 0 Å². The molecule has 0 radical (unpaired) electrons. The van der Waals surface area contributed by atoms with Crippen LogP contribution in [0.25, 0.3) is 0 Å². The molecule has 1 atom stereocenters. The Kier molecular flexibility index (Phi) is 3.69. The fourth-order valence-corrected chi connectivity index (χ4v) is 2.71. The minimum Gasteiger partial charge on any atom is -0.357 e. The van der Waals surface area contributed by atoms with E-state index in [0.29, 0.717) is 4.05 Å². The number of benzene rings is 1. The lowest BCUT2D eigenvalue weighted by molar-refractivity contribution is 0.575. The number of halogens is 3. The normalized spacial score (nSPS) is 21.8. The smallest absolute Gasteiger partial charge is 0.141 e. The summed E-state index contributed by atoms with van der Waals surface area (Å²) in [7, 11) is 0. The van der Waals surface area contributed by atoms with Crippen LogP contribution in [-0.4, -0.2) is 23.7 Å². The SMILES string of the molecule is Fc1ccc(N2CCNCC2I)cc1Cl. The van der Waals surface area contributed by atoms with Crippen molar-refractivity contribution in [3.63, 3.8) is 0 Å². The highest BCUT2D eigenvalue weighted by atomic mass is 127. The number of hydrogen-bond donors (Lipinski definition) is 1. The number of nitrogens with one attached hydrogen (secondary N) is 1. The monoisotopic (exact) mass is 340 g/mol. The predicted molar refractivity (Wildman–Crippen MR) is 69.4 cm³/mol. The van der Waals surface area contributed by atoms with Gasteiger partial charge in [0, 0.05) is 25.3 Å². The Morgan fingerprint density at radius 2 is 2.33 bits per heavy atom. The second-order valence-corrected chi connectivity index (χ2v) is 5.28. The van der Waals surface area contributed by atoms with Crippen molar-refractivity contribution in [2.24, 2.45) is 0 Å². The first-order valence-electron chi connectivity index (χ1n) is 4.75. The van der Waals surface area contributed by atoms with Gasteiger partial charge in [0.15, 0.2) is 0 Å². The van der Waals surface area contributed by atoms with E-state index in [4.69, 9.17) is 11.6 Å². The molecule has 1 aromatic carbocycles. The molecule has 1 aliphatic rings. The molecule has 1 heterocycles. The van der Waals surface area contributed by atoms with Gasteiger partial charge in [-0.2, -0.15) is 0 Å². The summed E-state index contributed by atoms with van der Waals surface area (Å²) in [5.74, 6) is -0.361. The van der Waals surface area contributed by atoms with Crippen LogP contribution in [0.5, 0.6) is 0 Å². The Hall–Kier alpha value is -0.0700. The zero-order valence-corrected chi connectivity index (χ0v) is 10.9. The third kappa shape index (κ3) is 2.54. The van der Waals surface area contributed by atoms with Crippen molar-refractivity contribution < 1.29 is 4.39 Å². The quantitative estimate of drug-likeness (QED) is 0.480. The first kappa shape index (κ1) is 11.4. The van der Waals surface area contributed by atoms with Gasteiger partial charge in [-0.15, -0.1) is 0 Å². The molecule has 0 aliphatic carbocycles. The van der Waals surface area contributed by atoms with E-state index in [1.165, 1.54) is 6.07 Å². The Bertz CT molecular complexity index is 361. The maximum absolute atomic E-state index is 13.0. The molecule has 1 fully saturated rings. The van der Waals surface area contributed by atoms with Crippen molar-refractivity contribution in [1.82, 2.24) is 5.32 Å². The molecule has 5 heteroatoms. The zero-order valence-electron chi connectivity index (χ0n) is 8.01. The van der Waals surface area contributed by atoms with Crippen molar-refractivity contribution in [2.75, 3.05) is 24.5 Å². The van der Waals surface area contributed by atoms with E-state index < -0.39 is 0 Å². The van der Waals surface area contributed by atoms with Gasteiger partial charge >= 0.3 is 0 Å². The van der Waals surface area contributed by atoms with E-state index in [1.807, 2.05) is 0 Å². The Morgan fingerprint density at radius 3 is 3.00 bits per heavy atom. The molecule has 1 aromatic rings. The largest absolute Gasteiger partial charge is 0.357 e. The Balaban J connectivity index is 2.24. The highest BCUT2D eigenvalue weighted by Crippen LogP contribution is 2.26. The third-order valence-corrected chi connectivity index (χ3v) is 3.82. The minimum atomic E-state index is -0.361. The molecule has 1 saturated heterocycles. The first-order chi connectivity index (χ1) is 7.18. The zero-order chi connectivity index (χ0) is 10.8. The maximum atomic E-state index is 13.0. The predicted octanol–water partition coefficient (Wildman–Crippen LogP) is 2.65. The van der Waals surface area contributed by atoms with Crippen LogP contribution in [0.3, 0.4) is 0 Å². The molecule has 0 aromatic heterocycles. The molecule has 1 N–H and O–H groups in total. The minimum absolute atomic E-state index is 0.189. The van der Waals surface area contributed by atoms with Gasteiger partial charge in [-0.1, -0.05) is 34.2 Å². The molecule has 0 saturated carbocycles. The van der Waals surface area contributed by atoms with Gasteiger partial charge in [0.1, 0.15) is 5.82 Å². The summed E-state index contributed by atoms with van der Waals surface area (Å²) >= 11 is 8.13. The highest BCUT2D eigenvalue weighted by Gasteiger charge is 2.19. The van der Waals surface area contributed by atoms with Gasteiger partial charge in [-0.05, 0) is 18.2 Å². The van der Waals surface area contributed by atoms with Crippen LogP contribution in [0.15, 0.2) is 18.2 Å². The third-order valence-electron chi connectivity index (χ3n) is 2.42. The van der Waals surface area contributed by atoms with Crippen LogP contribution < -0.4 is 10.2 Å². The number of nitrogens with zero attached hydrogens (tertiary/aromatic N) is 1. The molecule has 2 nitrogen and oxygen atoms in total. The number of anilines is 1. The van der Waals surface area contributed by atoms with Crippen LogP contribution in [0.2, 0.25) is 5.02 Å². The van der Waals surface area contributed by atoms with Crippen molar-refractivity contribution in [3.05, 3.63) is 29.0 Å². The molecule has 0 bridgehead atoms. The molecule has 1 aliphatic heterocycles. The van der Waals surface area contributed by atoms with E-state index in [0.717, 1.165) is 25.3 Å². The molecular formula is C10H11ClFIN2. The average molecular weight is 341 g/mol. The topological polar surface area (TPSA) is 15.3 Å². The van der Waals surface area contributed by atoms with E-state index in [-0.39, 0.29) is 10.8 Å². The number of hydrogen-bond acceptors (Lipinski definition) is 2. The van der Waals surface area contributed by atoms with Crippen molar-refractivity contribution in [3.8, 4) is 0 Å². The summed E-state index contributed by atoms with van der Waals surface area (Å²) in [6.07, 6.45) is 0. The molecule has 0 spiro atoms. The van der Waals surface area contributed by atoms with Crippen LogP contribution in [-0.2, 0) is 0 Å². The number of rotatable bonds is 1. The molecule has 1 unspecified atom stereocenters. The van der Waals surface area contributed by atoms with Gasteiger partial charge in [-0.3, -0.25) is 0 Å². The molecule has 0 amide bonds. The average Bonchev–Trinajstić information content (AvgIpc) is 2.23. The fraction of sp³-hybridized carbons (Fsp3) is 0.400. The lowest BCUT2D eigenvalue weighted by Crippen LogP contribution is -2.48. The van der Waals surface area contributed by atoms with Gasteiger partial charge < -0.3 is 10.2 Å². The second kappa shape index (κ2) is 4.84. The second-order valence-electron chi connectivity index (χ2n) is 3.43. The highest BCUT2D eigenvalue weighted by molar-refractivity contribution is 14.1. The summed E-state index contributed by atoms with van der Waals surface area (Å²) in [5.41, 5.74) is 0.988. The number of alkyl halides is 1. The summed E-state index contributed by atoms with van der Waals surface area (Å²) < 4.78 is 13.4. The Morgan fingerprint density at radius 1 is 1.53 bits per heavy atom. The van der Waals surface area contributed by atoms with E-state index >= 15 is 0 Å². The summed E-state index contributed by atoms with van der Waals surface area (Å²) in [4.78, 5) is 2.22.